The van der Waals surface area contributed by atoms with Gasteiger partial charge in [0.15, 0.2) is 0 Å². The van der Waals surface area contributed by atoms with Gasteiger partial charge in [0.25, 0.3) is 6.43 Å². The summed E-state index contributed by atoms with van der Waals surface area (Å²) in [5.41, 5.74) is 9.05. The van der Waals surface area contributed by atoms with Gasteiger partial charge in [-0.25, -0.2) is 13.8 Å². The molecule has 0 bridgehead atoms. The smallest absolute Gasteiger partial charge is 0.266 e. The number of anilines is 1. The minimum Gasteiger partial charge on any atom is -0.395 e. The lowest BCUT2D eigenvalue weighted by atomic mass is 10.2. The largest absolute Gasteiger partial charge is 0.395 e. The summed E-state index contributed by atoms with van der Waals surface area (Å²) in [6.45, 7) is -0.100. The molecular weight excluding hydrogens is 183 g/mol. The molecule has 0 saturated carbocycles. The first-order valence-electron chi connectivity index (χ1n) is 3.49. The topological polar surface area (TPSA) is 64.9 Å². The molecule has 0 amide bonds. The van der Waals surface area contributed by atoms with Crippen molar-refractivity contribution in [2.24, 2.45) is 5.73 Å². The van der Waals surface area contributed by atoms with E-state index < -0.39 is 23.6 Å². The normalized spacial score (nSPS) is 10.8. The molecule has 0 radical (unpaired) electrons. The summed E-state index contributed by atoms with van der Waals surface area (Å²) in [4.78, 5) is 3.28. The Labute approximate surface area is 72.6 Å². The maximum Gasteiger partial charge on any atom is 0.266 e. The molecule has 0 saturated heterocycles. The summed E-state index contributed by atoms with van der Waals surface area (Å²) in [6.07, 6.45) is -2.82. The highest BCUT2D eigenvalue weighted by Gasteiger charge is 2.16. The van der Waals surface area contributed by atoms with Gasteiger partial charge >= 0.3 is 0 Å². The molecule has 4 N–H and O–H groups in total. The van der Waals surface area contributed by atoms with E-state index in [0.29, 0.717) is 0 Å². The van der Waals surface area contributed by atoms with Crippen LogP contribution in [0.4, 0.5) is 18.9 Å². The molecule has 0 spiro atoms. The first-order chi connectivity index (χ1) is 6.06. The minimum absolute atomic E-state index is 0.0574. The summed E-state index contributed by atoms with van der Waals surface area (Å²) in [6, 6.07) is 1.00. The fourth-order valence-electron chi connectivity index (χ4n) is 0.880. The van der Waals surface area contributed by atoms with Gasteiger partial charge in [-0.3, -0.25) is 0 Å². The van der Waals surface area contributed by atoms with Crippen LogP contribution in [-0.4, -0.2) is 4.98 Å². The van der Waals surface area contributed by atoms with Gasteiger partial charge in [-0.1, -0.05) is 0 Å². The van der Waals surface area contributed by atoms with Crippen molar-refractivity contribution in [1.82, 2.24) is 4.98 Å². The second-order valence-electron chi connectivity index (χ2n) is 2.41. The van der Waals surface area contributed by atoms with Crippen LogP contribution in [0.15, 0.2) is 6.07 Å². The predicted molar refractivity (Wildman–Crippen MR) is 41.5 cm³/mol. The van der Waals surface area contributed by atoms with Crippen molar-refractivity contribution in [1.29, 1.82) is 0 Å². The fraction of sp³-hybridized carbons (Fsp3) is 0.286. The molecule has 0 fully saturated rings. The third kappa shape index (κ3) is 1.89. The first kappa shape index (κ1) is 9.79. The van der Waals surface area contributed by atoms with Crippen molar-refractivity contribution < 1.29 is 13.2 Å². The molecule has 0 aliphatic rings. The number of halogens is 3. The van der Waals surface area contributed by atoms with Crippen LogP contribution >= 0.6 is 0 Å². The number of aromatic nitrogens is 1. The molecule has 13 heavy (non-hydrogen) atoms. The van der Waals surface area contributed by atoms with E-state index in [1.807, 2.05) is 0 Å². The van der Waals surface area contributed by atoms with Gasteiger partial charge in [0.1, 0.15) is 0 Å². The third-order valence-corrected chi connectivity index (χ3v) is 1.54. The predicted octanol–water partition coefficient (Wildman–Crippen LogP) is 1.20. The summed E-state index contributed by atoms with van der Waals surface area (Å²) in [5, 5.41) is 0. The highest BCUT2D eigenvalue weighted by molar-refractivity contribution is 5.47. The first-order valence-corrected chi connectivity index (χ1v) is 3.49. The molecule has 0 aromatic carbocycles. The van der Waals surface area contributed by atoms with Crippen molar-refractivity contribution in [3.05, 3.63) is 23.3 Å². The van der Waals surface area contributed by atoms with Crippen LogP contribution in [0.25, 0.3) is 0 Å². The Morgan fingerprint density at radius 2 is 2.08 bits per heavy atom. The molecule has 6 heteroatoms. The van der Waals surface area contributed by atoms with Gasteiger partial charge in [0.05, 0.1) is 11.4 Å². The average Bonchev–Trinajstić information content (AvgIpc) is 2.09. The van der Waals surface area contributed by atoms with Crippen LogP contribution in [0.3, 0.4) is 0 Å². The van der Waals surface area contributed by atoms with E-state index in [1.54, 1.807) is 0 Å². The molecule has 3 nitrogen and oxygen atoms in total. The molecule has 0 atom stereocenters. The molecule has 1 heterocycles. The van der Waals surface area contributed by atoms with Gasteiger partial charge in [-0.05, 0) is 6.07 Å². The molecule has 1 aromatic heterocycles. The van der Waals surface area contributed by atoms with Crippen LogP contribution in [0.2, 0.25) is 0 Å². The van der Waals surface area contributed by atoms with Crippen molar-refractivity contribution in [2.45, 2.75) is 13.0 Å². The number of pyridine rings is 1. The van der Waals surface area contributed by atoms with E-state index in [2.05, 4.69) is 4.98 Å². The maximum atomic E-state index is 12.8. The summed E-state index contributed by atoms with van der Waals surface area (Å²) in [7, 11) is 0. The molecule has 1 aromatic rings. The lowest BCUT2D eigenvalue weighted by molar-refractivity contribution is 0.151. The molecule has 1 rings (SSSR count). The molecule has 0 unspecified atom stereocenters. The van der Waals surface area contributed by atoms with Crippen LogP contribution < -0.4 is 11.5 Å². The number of rotatable bonds is 2. The number of hydrogen-bond acceptors (Lipinski definition) is 3. The van der Waals surface area contributed by atoms with E-state index in [0.717, 1.165) is 6.07 Å². The fourth-order valence-corrected chi connectivity index (χ4v) is 0.880. The summed E-state index contributed by atoms with van der Waals surface area (Å²) >= 11 is 0. The highest BCUT2D eigenvalue weighted by atomic mass is 19.3. The van der Waals surface area contributed by atoms with E-state index in [1.165, 1.54) is 0 Å². The molecule has 0 aliphatic carbocycles. The van der Waals surface area contributed by atoms with Crippen molar-refractivity contribution >= 4 is 5.69 Å². The van der Waals surface area contributed by atoms with Crippen molar-refractivity contribution in [2.75, 3.05) is 5.73 Å². The zero-order valence-electron chi connectivity index (χ0n) is 6.60. The lowest BCUT2D eigenvalue weighted by Crippen LogP contribution is -2.07. The zero-order chi connectivity index (χ0) is 10.0. The van der Waals surface area contributed by atoms with Gasteiger partial charge in [0.2, 0.25) is 5.95 Å². The number of nitrogens with two attached hydrogens (primary N) is 2. The Hall–Kier alpha value is -1.30. The number of nitrogen functional groups attached to an aromatic ring is 1. The Morgan fingerprint density at radius 3 is 2.54 bits per heavy atom. The SMILES string of the molecule is NCc1cc(C(F)F)c(N)c(F)n1. The lowest BCUT2D eigenvalue weighted by Gasteiger charge is -2.06. The molecular formula is C7H8F3N3. The Kier molecular flexibility index (Phi) is 2.72. The van der Waals surface area contributed by atoms with E-state index in [9.17, 15) is 13.2 Å². The highest BCUT2D eigenvalue weighted by Crippen LogP contribution is 2.26. The van der Waals surface area contributed by atoms with Gasteiger partial charge in [0, 0.05) is 12.1 Å². The van der Waals surface area contributed by atoms with Crippen molar-refractivity contribution in [3.63, 3.8) is 0 Å². The number of hydrogen-bond donors (Lipinski definition) is 2. The van der Waals surface area contributed by atoms with Gasteiger partial charge < -0.3 is 11.5 Å². The quantitative estimate of drug-likeness (QED) is 0.690. The van der Waals surface area contributed by atoms with E-state index in [-0.39, 0.29) is 12.2 Å². The van der Waals surface area contributed by atoms with Crippen LogP contribution in [0, 0.1) is 5.95 Å². The van der Waals surface area contributed by atoms with Gasteiger partial charge in [-0.15, -0.1) is 0 Å². The van der Waals surface area contributed by atoms with Crippen LogP contribution in [0.1, 0.15) is 17.7 Å². The van der Waals surface area contributed by atoms with E-state index >= 15 is 0 Å². The van der Waals surface area contributed by atoms with Crippen molar-refractivity contribution in [3.8, 4) is 0 Å². The third-order valence-electron chi connectivity index (χ3n) is 1.54. The Balaban J connectivity index is 3.25. The van der Waals surface area contributed by atoms with Gasteiger partial charge in [-0.2, -0.15) is 4.39 Å². The summed E-state index contributed by atoms with van der Waals surface area (Å²) < 4.78 is 37.2. The number of nitrogens with zero attached hydrogens (tertiary/aromatic N) is 1. The average molecular weight is 191 g/mol. The van der Waals surface area contributed by atoms with Crippen LogP contribution in [0.5, 0.6) is 0 Å². The number of alkyl halides is 2. The monoisotopic (exact) mass is 191 g/mol. The standard InChI is InChI=1S/C7H8F3N3/c8-6(9)4-1-3(2-11)13-7(10)5(4)12/h1,6H,2,11-12H2. The zero-order valence-corrected chi connectivity index (χ0v) is 6.60. The minimum atomic E-state index is -2.82. The molecule has 0 aliphatic heterocycles. The second kappa shape index (κ2) is 3.61. The maximum absolute atomic E-state index is 12.8. The second-order valence-corrected chi connectivity index (χ2v) is 2.41. The summed E-state index contributed by atoms with van der Waals surface area (Å²) in [5.74, 6) is -1.10. The molecule has 72 valence electrons. The van der Waals surface area contributed by atoms with E-state index in [4.69, 9.17) is 11.5 Å². The van der Waals surface area contributed by atoms with Crippen LogP contribution in [-0.2, 0) is 6.54 Å². The Morgan fingerprint density at radius 1 is 1.46 bits per heavy atom. The Bertz CT molecular complexity index is 314.